The van der Waals surface area contributed by atoms with Crippen molar-refractivity contribution in [1.82, 2.24) is 5.32 Å². The fourth-order valence-electron chi connectivity index (χ4n) is 2.09. The second-order valence-electron chi connectivity index (χ2n) is 6.24. The van der Waals surface area contributed by atoms with Crippen molar-refractivity contribution in [3.8, 4) is 0 Å². The van der Waals surface area contributed by atoms with E-state index in [1.54, 1.807) is 26.8 Å². The molecule has 2 N–H and O–H groups in total. The molecular formula is C17H25NO6. The van der Waals surface area contributed by atoms with Crippen molar-refractivity contribution < 1.29 is 28.9 Å². The van der Waals surface area contributed by atoms with Crippen molar-refractivity contribution in [2.45, 2.75) is 45.3 Å². The van der Waals surface area contributed by atoms with Crippen LogP contribution in [0.15, 0.2) is 35.3 Å². The highest BCUT2D eigenvalue weighted by Gasteiger charge is 2.25. The summed E-state index contributed by atoms with van der Waals surface area (Å²) in [4.78, 5) is 23.3. The fraction of sp³-hybridized carbons (Fsp3) is 0.529. The van der Waals surface area contributed by atoms with Crippen LogP contribution >= 0.6 is 0 Å². The molecule has 0 fully saturated rings. The summed E-state index contributed by atoms with van der Waals surface area (Å²) in [7, 11) is 3.04. The van der Waals surface area contributed by atoms with E-state index >= 15 is 0 Å². The summed E-state index contributed by atoms with van der Waals surface area (Å²) < 4.78 is 15.6. The number of alkyl carbamates (subject to hydrolysis) is 1. The van der Waals surface area contributed by atoms with Crippen LogP contribution in [0.4, 0.5) is 4.79 Å². The van der Waals surface area contributed by atoms with Crippen molar-refractivity contribution in [2.75, 3.05) is 14.2 Å². The Balaban J connectivity index is 2.84. The number of carboxylic acid groups (broad SMARTS) is 1. The number of methoxy groups -OCH3 is 2. The van der Waals surface area contributed by atoms with Gasteiger partial charge in [0.15, 0.2) is 11.5 Å². The molecule has 1 aliphatic carbocycles. The maximum Gasteiger partial charge on any atom is 0.408 e. The molecule has 1 amide bonds. The van der Waals surface area contributed by atoms with E-state index in [4.69, 9.17) is 14.2 Å². The maximum absolute atomic E-state index is 11.8. The number of carbonyl (C=O) groups is 2. The first-order chi connectivity index (χ1) is 11.2. The predicted molar refractivity (Wildman–Crippen MR) is 88.3 cm³/mol. The van der Waals surface area contributed by atoms with Crippen LogP contribution in [-0.4, -0.2) is 43.0 Å². The van der Waals surface area contributed by atoms with Crippen molar-refractivity contribution in [2.24, 2.45) is 0 Å². The Morgan fingerprint density at radius 3 is 2.33 bits per heavy atom. The van der Waals surface area contributed by atoms with Crippen LogP contribution in [0.1, 0.15) is 33.6 Å². The van der Waals surface area contributed by atoms with Crippen LogP contribution in [-0.2, 0) is 19.0 Å². The molecule has 0 bridgehead atoms. The van der Waals surface area contributed by atoms with E-state index in [2.05, 4.69) is 5.32 Å². The van der Waals surface area contributed by atoms with Gasteiger partial charge < -0.3 is 24.6 Å². The molecule has 1 aliphatic rings. The number of carbonyl (C=O) groups excluding carboxylic acids is 1. The molecule has 0 saturated carbocycles. The van der Waals surface area contributed by atoms with Gasteiger partial charge in [-0.1, -0.05) is 6.08 Å². The Hall–Kier alpha value is -2.44. The zero-order valence-corrected chi connectivity index (χ0v) is 14.7. The van der Waals surface area contributed by atoms with Gasteiger partial charge in [-0.3, -0.25) is 0 Å². The quantitative estimate of drug-likeness (QED) is 0.773. The van der Waals surface area contributed by atoms with E-state index in [0.29, 0.717) is 17.9 Å². The summed E-state index contributed by atoms with van der Waals surface area (Å²) in [5.41, 5.74) is 0.0217. The number of hydrogen-bond acceptors (Lipinski definition) is 5. The molecule has 0 saturated heterocycles. The van der Waals surface area contributed by atoms with Crippen LogP contribution in [0.3, 0.4) is 0 Å². The van der Waals surface area contributed by atoms with Crippen LogP contribution in [0.5, 0.6) is 0 Å². The number of aliphatic carboxylic acids is 1. The summed E-state index contributed by atoms with van der Waals surface area (Å²) in [6.07, 6.45) is 5.30. The van der Waals surface area contributed by atoms with Crippen molar-refractivity contribution >= 4 is 12.1 Å². The molecule has 0 aromatic rings. The van der Waals surface area contributed by atoms with Gasteiger partial charge in [-0.25, -0.2) is 9.59 Å². The monoisotopic (exact) mass is 339 g/mol. The van der Waals surface area contributed by atoms with Gasteiger partial charge in [-0.15, -0.1) is 0 Å². The van der Waals surface area contributed by atoms with Crippen LogP contribution in [0, 0.1) is 0 Å². The van der Waals surface area contributed by atoms with Gasteiger partial charge in [0.2, 0.25) is 0 Å². The highest BCUT2D eigenvalue weighted by molar-refractivity contribution is 5.80. The third-order valence-electron chi connectivity index (χ3n) is 3.11. The average Bonchev–Trinajstić information content (AvgIpc) is 2.65. The minimum atomic E-state index is -1.14. The molecule has 0 aromatic heterocycles. The molecule has 24 heavy (non-hydrogen) atoms. The number of hydrogen-bond donors (Lipinski definition) is 2. The smallest absolute Gasteiger partial charge is 0.408 e. The number of allylic oxidation sites excluding steroid dienone is 3. The SMILES string of the molecule is COC1=CCC=C(CC(NC(=O)OC(C)(C)C)C(=O)O)C=C1OC. The third-order valence-corrected chi connectivity index (χ3v) is 3.11. The van der Waals surface area contributed by atoms with Crippen LogP contribution in [0.2, 0.25) is 0 Å². The largest absolute Gasteiger partial charge is 0.493 e. The normalized spacial score (nSPS) is 16.0. The predicted octanol–water partition coefficient (Wildman–Crippen LogP) is 2.75. The molecule has 0 aromatic carbocycles. The minimum Gasteiger partial charge on any atom is -0.493 e. The van der Waals surface area contributed by atoms with Crippen molar-refractivity contribution in [1.29, 1.82) is 0 Å². The third kappa shape index (κ3) is 6.36. The van der Waals surface area contributed by atoms with Crippen molar-refractivity contribution in [3.05, 3.63) is 35.3 Å². The molecule has 0 spiro atoms. The molecule has 0 heterocycles. The minimum absolute atomic E-state index is 0.103. The number of nitrogens with one attached hydrogen (secondary N) is 1. The zero-order valence-electron chi connectivity index (χ0n) is 14.7. The first-order valence-electron chi connectivity index (χ1n) is 7.58. The van der Waals surface area contributed by atoms with Gasteiger partial charge in [-0.2, -0.15) is 0 Å². The van der Waals surface area contributed by atoms with Gasteiger partial charge >= 0.3 is 12.1 Å². The molecule has 0 radical (unpaired) electrons. The lowest BCUT2D eigenvalue weighted by atomic mass is 10.0. The second kappa shape index (κ2) is 8.42. The average molecular weight is 339 g/mol. The van der Waals surface area contributed by atoms with E-state index in [-0.39, 0.29) is 6.42 Å². The Kier molecular flexibility index (Phi) is 6.88. The fourth-order valence-corrected chi connectivity index (χ4v) is 2.09. The second-order valence-corrected chi connectivity index (χ2v) is 6.24. The summed E-state index contributed by atoms with van der Waals surface area (Å²) >= 11 is 0. The maximum atomic E-state index is 11.8. The highest BCUT2D eigenvalue weighted by atomic mass is 16.6. The van der Waals surface area contributed by atoms with Gasteiger partial charge in [0, 0.05) is 6.42 Å². The zero-order chi connectivity index (χ0) is 18.3. The number of ether oxygens (including phenoxy) is 3. The molecule has 7 nitrogen and oxygen atoms in total. The summed E-state index contributed by atoms with van der Waals surface area (Å²) in [6.45, 7) is 5.13. The molecule has 0 aliphatic heterocycles. The van der Waals surface area contributed by atoms with E-state index < -0.39 is 23.7 Å². The highest BCUT2D eigenvalue weighted by Crippen LogP contribution is 2.22. The standard InChI is InChI=1S/C17H25NO6/c1-17(2,3)24-16(21)18-12(15(19)20)9-11-7-6-8-13(22-4)14(10-11)23-5/h7-8,10,12H,6,9H2,1-5H3,(H,18,21)(H,19,20). The Morgan fingerprint density at radius 1 is 1.21 bits per heavy atom. The Morgan fingerprint density at radius 2 is 1.83 bits per heavy atom. The lowest BCUT2D eigenvalue weighted by molar-refractivity contribution is -0.139. The molecule has 7 heteroatoms. The first kappa shape index (κ1) is 19.6. The molecule has 1 rings (SSSR count). The Bertz CT molecular complexity index is 568. The van der Waals surface area contributed by atoms with E-state index in [0.717, 1.165) is 5.57 Å². The van der Waals surface area contributed by atoms with Gasteiger partial charge in [0.25, 0.3) is 0 Å². The topological polar surface area (TPSA) is 94.1 Å². The molecular weight excluding hydrogens is 314 g/mol. The lowest BCUT2D eigenvalue weighted by Gasteiger charge is -2.22. The summed E-state index contributed by atoms with van der Waals surface area (Å²) in [5.74, 6) is -0.0586. The lowest BCUT2D eigenvalue weighted by Crippen LogP contribution is -2.43. The summed E-state index contributed by atoms with van der Waals surface area (Å²) in [5, 5.41) is 11.7. The molecule has 1 atom stereocenters. The number of amides is 1. The van der Waals surface area contributed by atoms with E-state index in [1.807, 2.05) is 12.2 Å². The van der Waals surface area contributed by atoms with Gasteiger partial charge in [-0.05, 0) is 44.9 Å². The van der Waals surface area contributed by atoms with Crippen molar-refractivity contribution in [3.63, 3.8) is 0 Å². The van der Waals surface area contributed by atoms with E-state index in [9.17, 15) is 14.7 Å². The Labute approximate surface area is 142 Å². The summed E-state index contributed by atoms with van der Waals surface area (Å²) in [6, 6.07) is -1.11. The van der Waals surface area contributed by atoms with Gasteiger partial charge in [0.05, 0.1) is 14.2 Å². The molecule has 134 valence electrons. The van der Waals surface area contributed by atoms with Crippen LogP contribution < -0.4 is 5.32 Å². The first-order valence-corrected chi connectivity index (χ1v) is 7.58. The van der Waals surface area contributed by atoms with Crippen LogP contribution in [0.25, 0.3) is 0 Å². The van der Waals surface area contributed by atoms with Gasteiger partial charge in [0.1, 0.15) is 11.6 Å². The van der Waals surface area contributed by atoms with E-state index in [1.165, 1.54) is 14.2 Å². The number of rotatable bonds is 6. The number of carboxylic acids is 1. The molecule has 1 unspecified atom stereocenters.